The van der Waals surface area contributed by atoms with Crippen LogP contribution in [0.1, 0.15) is 48.5 Å². The molecule has 0 bridgehead atoms. The molecule has 1 fully saturated rings. The summed E-state index contributed by atoms with van der Waals surface area (Å²) >= 11 is 2.06. The highest BCUT2D eigenvalue weighted by Gasteiger charge is 2.18. The van der Waals surface area contributed by atoms with Crippen LogP contribution in [0, 0.1) is 5.92 Å². The van der Waals surface area contributed by atoms with E-state index in [4.69, 9.17) is 4.74 Å². The lowest BCUT2D eigenvalue weighted by Crippen LogP contribution is -2.15. The third-order valence-corrected chi connectivity index (χ3v) is 5.15. The molecule has 0 N–H and O–H groups in total. The van der Waals surface area contributed by atoms with E-state index < -0.39 is 0 Å². The molecular formula is C16H22O2S. The first kappa shape index (κ1) is 14.4. The van der Waals surface area contributed by atoms with Crippen LogP contribution in [-0.2, 0) is 10.5 Å². The van der Waals surface area contributed by atoms with Gasteiger partial charge in [0.1, 0.15) is 0 Å². The smallest absolute Gasteiger partial charge is 0.337 e. The van der Waals surface area contributed by atoms with Gasteiger partial charge in [-0.15, -0.1) is 0 Å². The Balaban J connectivity index is 1.84. The van der Waals surface area contributed by atoms with Crippen molar-refractivity contribution in [2.45, 2.75) is 43.6 Å². The fourth-order valence-electron chi connectivity index (χ4n) is 2.60. The molecule has 1 aromatic carbocycles. The second-order valence-electron chi connectivity index (χ2n) is 5.39. The fraction of sp³-hybridized carbons (Fsp3) is 0.562. The number of methoxy groups -OCH3 is 1. The number of hydrogen-bond donors (Lipinski definition) is 0. The Bertz CT molecular complexity index is 413. The van der Waals surface area contributed by atoms with Crippen LogP contribution in [0.2, 0.25) is 0 Å². The predicted molar refractivity (Wildman–Crippen MR) is 80.5 cm³/mol. The van der Waals surface area contributed by atoms with E-state index in [1.165, 1.54) is 38.4 Å². The van der Waals surface area contributed by atoms with Gasteiger partial charge in [-0.2, -0.15) is 11.8 Å². The van der Waals surface area contributed by atoms with Crippen molar-refractivity contribution in [2.24, 2.45) is 5.92 Å². The molecule has 2 rings (SSSR count). The Hall–Kier alpha value is -0.960. The zero-order chi connectivity index (χ0) is 13.7. The van der Waals surface area contributed by atoms with Crippen molar-refractivity contribution in [3.05, 3.63) is 35.4 Å². The van der Waals surface area contributed by atoms with Crippen LogP contribution in [0.25, 0.3) is 0 Å². The second-order valence-corrected chi connectivity index (χ2v) is 6.68. The predicted octanol–water partition coefficient (Wildman–Crippen LogP) is 4.29. The van der Waals surface area contributed by atoms with Crippen LogP contribution in [0.3, 0.4) is 0 Å². The van der Waals surface area contributed by atoms with Gasteiger partial charge < -0.3 is 4.74 Å². The van der Waals surface area contributed by atoms with E-state index in [0.29, 0.717) is 5.56 Å². The molecule has 1 aromatic rings. The monoisotopic (exact) mass is 278 g/mol. The van der Waals surface area contributed by atoms with Crippen molar-refractivity contribution in [1.82, 2.24) is 0 Å². The standard InChI is InChI=1S/C16H22O2S/c1-12-4-3-5-15(10-12)19-11-13-6-8-14(9-7-13)16(17)18-2/h6-9,12,15H,3-5,10-11H2,1-2H3. The lowest BCUT2D eigenvalue weighted by atomic mass is 9.91. The van der Waals surface area contributed by atoms with Gasteiger partial charge in [-0.25, -0.2) is 4.79 Å². The van der Waals surface area contributed by atoms with Gasteiger partial charge in [0.25, 0.3) is 0 Å². The first-order chi connectivity index (χ1) is 9.19. The first-order valence-corrected chi connectivity index (χ1v) is 8.02. The number of esters is 1. The van der Waals surface area contributed by atoms with E-state index in [0.717, 1.165) is 16.9 Å². The lowest BCUT2D eigenvalue weighted by Gasteiger charge is -2.26. The number of carbonyl (C=O) groups is 1. The van der Waals surface area contributed by atoms with Gasteiger partial charge in [0.2, 0.25) is 0 Å². The minimum absolute atomic E-state index is 0.264. The summed E-state index contributed by atoms with van der Waals surface area (Å²) in [5.41, 5.74) is 1.92. The Morgan fingerprint density at radius 2 is 2.05 bits per heavy atom. The zero-order valence-corrected chi connectivity index (χ0v) is 12.5. The summed E-state index contributed by atoms with van der Waals surface area (Å²) in [6.07, 6.45) is 5.48. The highest BCUT2D eigenvalue weighted by atomic mass is 32.2. The Kier molecular flexibility index (Phi) is 5.32. The molecule has 0 amide bonds. The van der Waals surface area contributed by atoms with Gasteiger partial charge in [-0.3, -0.25) is 0 Å². The number of rotatable bonds is 4. The van der Waals surface area contributed by atoms with E-state index >= 15 is 0 Å². The molecule has 2 unspecified atom stereocenters. The number of carbonyl (C=O) groups excluding carboxylic acids is 1. The van der Waals surface area contributed by atoms with Gasteiger partial charge >= 0.3 is 5.97 Å². The number of ether oxygens (including phenoxy) is 1. The molecule has 3 heteroatoms. The van der Waals surface area contributed by atoms with Crippen LogP contribution < -0.4 is 0 Å². The molecule has 104 valence electrons. The van der Waals surface area contributed by atoms with Crippen LogP contribution in [-0.4, -0.2) is 18.3 Å². The van der Waals surface area contributed by atoms with E-state index in [1.807, 2.05) is 24.3 Å². The minimum atomic E-state index is -0.264. The molecule has 0 radical (unpaired) electrons. The molecule has 2 atom stereocenters. The SMILES string of the molecule is COC(=O)c1ccc(CSC2CCCC(C)C2)cc1. The quantitative estimate of drug-likeness (QED) is 0.769. The average molecular weight is 278 g/mol. The van der Waals surface area contributed by atoms with Crippen molar-refractivity contribution in [3.63, 3.8) is 0 Å². The molecule has 1 aliphatic carbocycles. The summed E-state index contributed by atoms with van der Waals surface area (Å²) in [5, 5.41) is 0.809. The molecular weight excluding hydrogens is 256 g/mol. The van der Waals surface area contributed by atoms with Gasteiger partial charge in [-0.05, 0) is 36.5 Å². The molecule has 19 heavy (non-hydrogen) atoms. The highest BCUT2D eigenvalue weighted by molar-refractivity contribution is 7.99. The molecule has 0 saturated heterocycles. The Morgan fingerprint density at radius 1 is 1.32 bits per heavy atom. The minimum Gasteiger partial charge on any atom is -0.465 e. The van der Waals surface area contributed by atoms with Crippen LogP contribution >= 0.6 is 11.8 Å². The molecule has 0 spiro atoms. The van der Waals surface area contributed by atoms with E-state index in [9.17, 15) is 4.79 Å². The summed E-state index contributed by atoms with van der Waals surface area (Å²) < 4.78 is 4.70. The molecule has 1 saturated carbocycles. The van der Waals surface area contributed by atoms with Crippen LogP contribution in [0.4, 0.5) is 0 Å². The fourth-order valence-corrected chi connectivity index (χ4v) is 4.02. The maximum absolute atomic E-state index is 11.3. The van der Waals surface area contributed by atoms with Gasteiger partial charge in [-0.1, -0.05) is 31.9 Å². The maximum Gasteiger partial charge on any atom is 0.337 e. The molecule has 1 aliphatic rings. The lowest BCUT2D eigenvalue weighted by molar-refractivity contribution is 0.0600. The summed E-state index contributed by atoms with van der Waals surface area (Å²) in [6, 6.07) is 7.77. The number of hydrogen-bond acceptors (Lipinski definition) is 3. The van der Waals surface area contributed by atoms with Gasteiger partial charge in [0, 0.05) is 11.0 Å². The molecule has 0 aromatic heterocycles. The maximum atomic E-state index is 11.3. The highest BCUT2D eigenvalue weighted by Crippen LogP contribution is 2.33. The van der Waals surface area contributed by atoms with Gasteiger partial charge in [0.05, 0.1) is 12.7 Å². The largest absolute Gasteiger partial charge is 0.465 e. The van der Waals surface area contributed by atoms with E-state index in [2.05, 4.69) is 18.7 Å². The average Bonchev–Trinajstić information content (AvgIpc) is 2.45. The normalized spacial score (nSPS) is 23.1. The summed E-state index contributed by atoms with van der Waals surface area (Å²) in [6.45, 7) is 2.36. The number of thioether (sulfide) groups is 1. The van der Waals surface area contributed by atoms with Crippen molar-refractivity contribution in [2.75, 3.05) is 7.11 Å². The van der Waals surface area contributed by atoms with Crippen molar-refractivity contribution >= 4 is 17.7 Å². The molecule has 0 heterocycles. The van der Waals surface area contributed by atoms with Crippen molar-refractivity contribution < 1.29 is 9.53 Å². The third-order valence-electron chi connectivity index (χ3n) is 3.75. The van der Waals surface area contributed by atoms with Crippen LogP contribution in [0.15, 0.2) is 24.3 Å². The second kappa shape index (κ2) is 6.99. The van der Waals surface area contributed by atoms with Crippen LogP contribution in [0.5, 0.6) is 0 Å². The molecule has 2 nitrogen and oxygen atoms in total. The number of benzene rings is 1. The van der Waals surface area contributed by atoms with Gasteiger partial charge in [0.15, 0.2) is 0 Å². The summed E-state index contributed by atoms with van der Waals surface area (Å²) in [7, 11) is 1.41. The van der Waals surface area contributed by atoms with E-state index in [-0.39, 0.29) is 5.97 Å². The Labute approximate surface area is 119 Å². The molecule has 0 aliphatic heterocycles. The zero-order valence-electron chi connectivity index (χ0n) is 11.7. The summed E-state index contributed by atoms with van der Waals surface area (Å²) in [4.78, 5) is 11.3. The van der Waals surface area contributed by atoms with E-state index in [1.54, 1.807) is 0 Å². The Morgan fingerprint density at radius 3 is 2.68 bits per heavy atom. The van der Waals surface area contributed by atoms with Crippen molar-refractivity contribution in [1.29, 1.82) is 0 Å². The summed E-state index contributed by atoms with van der Waals surface area (Å²) in [5.74, 6) is 1.66. The third kappa shape index (κ3) is 4.27. The topological polar surface area (TPSA) is 26.3 Å². The van der Waals surface area contributed by atoms with Crippen molar-refractivity contribution in [3.8, 4) is 0 Å². The first-order valence-electron chi connectivity index (χ1n) is 6.98.